The van der Waals surface area contributed by atoms with Crippen molar-refractivity contribution >= 4 is 5.91 Å². The standard InChI is InChI=1S/C9H15NO2/c1-8(7(11)10-2)3-6-4-9(6,12)5-8/h6,12H,3-5H2,1-2H3,(H,10,11)/t6-,8?,9+/m0/s1. The topological polar surface area (TPSA) is 49.3 Å². The van der Waals surface area contributed by atoms with Gasteiger partial charge in [-0.1, -0.05) is 6.92 Å². The van der Waals surface area contributed by atoms with Crippen LogP contribution in [0.5, 0.6) is 0 Å². The smallest absolute Gasteiger partial charge is 0.225 e. The van der Waals surface area contributed by atoms with Crippen LogP contribution in [0, 0.1) is 11.3 Å². The molecule has 3 heteroatoms. The van der Waals surface area contributed by atoms with Crippen molar-refractivity contribution in [3.8, 4) is 0 Å². The van der Waals surface area contributed by atoms with E-state index in [0.29, 0.717) is 12.3 Å². The van der Waals surface area contributed by atoms with Crippen LogP contribution in [-0.4, -0.2) is 23.7 Å². The fourth-order valence-electron chi connectivity index (χ4n) is 2.61. The van der Waals surface area contributed by atoms with Crippen molar-refractivity contribution in [2.45, 2.75) is 31.8 Å². The van der Waals surface area contributed by atoms with Crippen molar-refractivity contribution in [2.24, 2.45) is 11.3 Å². The van der Waals surface area contributed by atoms with E-state index in [0.717, 1.165) is 12.8 Å². The Balaban J connectivity index is 2.11. The summed E-state index contributed by atoms with van der Waals surface area (Å²) in [4.78, 5) is 11.4. The molecule has 0 spiro atoms. The van der Waals surface area contributed by atoms with Gasteiger partial charge in [0.2, 0.25) is 5.91 Å². The van der Waals surface area contributed by atoms with E-state index < -0.39 is 5.60 Å². The lowest BCUT2D eigenvalue weighted by molar-refractivity contribution is -0.130. The summed E-state index contributed by atoms with van der Waals surface area (Å²) in [5.74, 6) is 0.461. The number of nitrogens with one attached hydrogen (secondary N) is 1. The van der Waals surface area contributed by atoms with Gasteiger partial charge in [-0.3, -0.25) is 4.79 Å². The van der Waals surface area contributed by atoms with Crippen molar-refractivity contribution in [2.75, 3.05) is 7.05 Å². The number of rotatable bonds is 1. The largest absolute Gasteiger partial charge is 0.390 e. The van der Waals surface area contributed by atoms with Crippen molar-refractivity contribution < 1.29 is 9.90 Å². The third kappa shape index (κ3) is 0.891. The molecule has 0 aromatic carbocycles. The summed E-state index contributed by atoms with van der Waals surface area (Å²) in [7, 11) is 1.65. The minimum atomic E-state index is -0.485. The van der Waals surface area contributed by atoms with Crippen molar-refractivity contribution in [3.63, 3.8) is 0 Å². The molecule has 1 unspecified atom stereocenters. The predicted octanol–water partition coefficient (Wildman–Crippen LogP) is 0.283. The van der Waals surface area contributed by atoms with Crippen LogP contribution < -0.4 is 5.32 Å². The summed E-state index contributed by atoms with van der Waals surface area (Å²) in [6.07, 6.45) is 2.40. The van der Waals surface area contributed by atoms with Gasteiger partial charge in [-0.2, -0.15) is 0 Å². The summed E-state index contributed by atoms with van der Waals surface area (Å²) in [5, 5.41) is 12.4. The molecule has 2 fully saturated rings. The van der Waals surface area contributed by atoms with Crippen LogP contribution in [0.15, 0.2) is 0 Å². The molecule has 2 aliphatic rings. The Hall–Kier alpha value is -0.570. The first-order chi connectivity index (χ1) is 5.50. The zero-order valence-electron chi connectivity index (χ0n) is 7.55. The van der Waals surface area contributed by atoms with Gasteiger partial charge in [0.25, 0.3) is 0 Å². The lowest BCUT2D eigenvalue weighted by Gasteiger charge is -2.23. The average Bonchev–Trinajstić information content (AvgIpc) is 2.50. The molecule has 3 nitrogen and oxygen atoms in total. The molecule has 0 aromatic rings. The number of hydrogen-bond acceptors (Lipinski definition) is 2. The third-order valence-electron chi connectivity index (χ3n) is 3.37. The first-order valence-corrected chi connectivity index (χ1v) is 4.45. The van der Waals surface area contributed by atoms with Gasteiger partial charge >= 0.3 is 0 Å². The number of amides is 1. The van der Waals surface area contributed by atoms with Crippen LogP contribution in [0.3, 0.4) is 0 Å². The maximum atomic E-state index is 11.4. The normalized spacial score (nSPS) is 50.1. The number of aliphatic hydroxyl groups is 1. The lowest BCUT2D eigenvalue weighted by atomic mass is 9.84. The van der Waals surface area contributed by atoms with E-state index >= 15 is 0 Å². The first kappa shape index (κ1) is 8.05. The highest BCUT2D eigenvalue weighted by Gasteiger charge is 2.65. The van der Waals surface area contributed by atoms with Gasteiger partial charge in [0, 0.05) is 12.5 Å². The third-order valence-corrected chi connectivity index (χ3v) is 3.37. The molecule has 68 valence electrons. The lowest BCUT2D eigenvalue weighted by Crippen LogP contribution is -2.36. The van der Waals surface area contributed by atoms with Crippen LogP contribution in [0.4, 0.5) is 0 Å². The zero-order chi connectivity index (χ0) is 8.98. The maximum Gasteiger partial charge on any atom is 0.225 e. The Morgan fingerprint density at radius 1 is 1.58 bits per heavy atom. The summed E-state index contributed by atoms with van der Waals surface area (Å²) in [6.45, 7) is 1.94. The predicted molar refractivity (Wildman–Crippen MR) is 44.5 cm³/mol. The van der Waals surface area contributed by atoms with E-state index in [2.05, 4.69) is 5.32 Å². The molecule has 2 aliphatic carbocycles. The molecule has 0 aromatic heterocycles. The molecule has 12 heavy (non-hydrogen) atoms. The van der Waals surface area contributed by atoms with Crippen molar-refractivity contribution in [3.05, 3.63) is 0 Å². The van der Waals surface area contributed by atoms with Gasteiger partial charge < -0.3 is 10.4 Å². The molecule has 0 saturated heterocycles. The second kappa shape index (κ2) is 2.02. The zero-order valence-corrected chi connectivity index (χ0v) is 7.55. The minimum absolute atomic E-state index is 0.0723. The van der Waals surface area contributed by atoms with E-state index in [4.69, 9.17) is 0 Å². The highest BCUT2D eigenvalue weighted by atomic mass is 16.3. The summed E-state index contributed by atoms with van der Waals surface area (Å²) >= 11 is 0. The Morgan fingerprint density at radius 3 is 2.67 bits per heavy atom. The summed E-state index contributed by atoms with van der Waals surface area (Å²) in [5.41, 5.74) is -0.798. The van der Waals surface area contributed by atoms with Crippen LogP contribution in [-0.2, 0) is 4.79 Å². The van der Waals surface area contributed by atoms with Gasteiger partial charge in [-0.15, -0.1) is 0 Å². The van der Waals surface area contributed by atoms with E-state index in [-0.39, 0.29) is 11.3 Å². The van der Waals surface area contributed by atoms with Crippen LogP contribution >= 0.6 is 0 Å². The molecule has 2 N–H and O–H groups in total. The molecule has 0 heterocycles. The second-order valence-electron chi connectivity index (χ2n) is 4.53. The molecule has 1 amide bonds. The first-order valence-electron chi connectivity index (χ1n) is 4.45. The average molecular weight is 169 g/mol. The monoisotopic (exact) mass is 169 g/mol. The van der Waals surface area contributed by atoms with E-state index in [1.54, 1.807) is 7.05 Å². The highest BCUT2D eigenvalue weighted by molar-refractivity contribution is 5.82. The van der Waals surface area contributed by atoms with Gasteiger partial charge in [0.1, 0.15) is 0 Å². The highest BCUT2D eigenvalue weighted by Crippen LogP contribution is 2.62. The van der Waals surface area contributed by atoms with E-state index in [1.165, 1.54) is 0 Å². The van der Waals surface area contributed by atoms with Crippen molar-refractivity contribution in [1.29, 1.82) is 0 Å². The Bertz CT molecular complexity index is 241. The maximum absolute atomic E-state index is 11.4. The number of hydrogen-bond donors (Lipinski definition) is 2. The number of carbonyl (C=O) groups is 1. The summed E-state index contributed by atoms with van der Waals surface area (Å²) in [6, 6.07) is 0. The van der Waals surface area contributed by atoms with Gasteiger partial charge in [-0.25, -0.2) is 0 Å². The van der Waals surface area contributed by atoms with Gasteiger partial charge in [0.05, 0.1) is 5.60 Å². The SMILES string of the molecule is CNC(=O)C1(C)C[C@H]2C[C@@]2(O)C1. The summed E-state index contributed by atoms with van der Waals surface area (Å²) < 4.78 is 0. The van der Waals surface area contributed by atoms with Gasteiger partial charge in [-0.05, 0) is 25.2 Å². The molecule has 0 bridgehead atoms. The molecular formula is C9H15NO2. The van der Waals surface area contributed by atoms with E-state index in [9.17, 15) is 9.90 Å². The molecule has 2 rings (SSSR count). The fraction of sp³-hybridized carbons (Fsp3) is 0.889. The van der Waals surface area contributed by atoms with Crippen LogP contribution in [0.2, 0.25) is 0 Å². The number of fused-ring (bicyclic) bond motifs is 1. The second-order valence-corrected chi connectivity index (χ2v) is 4.53. The number of carbonyl (C=O) groups excluding carboxylic acids is 1. The molecule has 0 aliphatic heterocycles. The van der Waals surface area contributed by atoms with Crippen LogP contribution in [0.1, 0.15) is 26.2 Å². The van der Waals surface area contributed by atoms with Crippen LogP contribution in [0.25, 0.3) is 0 Å². The van der Waals surface area contributed by atoms with Gasteiger partial charge in [0.15, 0.2) is 0 Å². The van der Waals surface area contributed by atoms with Crippen molar-refractivity contribution in [1.82, 2.24) is 5.32 Å². The quantitative estimate of drug-likeness (QED) is 0.592. The molecular weight excluding hydrogens is 154 g/mol. The fourth-order valence-corrected chi connectivity index (χ4v) is 2.61. The molecule has 3 atom stereocenters. The molecule has 0 radical (unpaired) electrons. The Kier molecular flexibility index (Phi) is 1.35. The molecule has 2 saturated carbocycles. The Labute approximate surface area is 72.2 Å². The Morgan fingerprint density at radius 2 is 2.25 bits per heavy atom. The van der Waals surface area contributed by atoms with E-state index in [1.807, 2.05) is 6.92 Å². The minimum Gasteiger partial charge on any atom is -0.390 e.